The van der Waals surface area contributed by atoms with Crippen LogP contribution in [0.5, 0.6) is 0 Å². The van der Waals surface area contributed by atoms with Crippen LogP contribution in [0, 0.1) is 5.40 Å². The molecule has 92 valence electrons. The second-order valence-electron chi connectivity index (χ2n) is 3.74. The number of hydrogen-bond acceptors (Lipinski definition) is 3. The number of carbonyl (C=O) groups is 1. The molecule has 6 heteroatoms. The van der Waals surface area contributed by atoms with Crippen molar-refractivity contribution in [1.29, 1.82) is 5.40 Å². The van der Waals surface area contributed by atoms with Gasteiger partial charge in [0.25, 0.3) is 0 Å². The molecule has 2 rings (SSSR count). The third-order valence-corrected chi connectivity index (χ3v) is 2.49. The molecule has 0 fully saturated rings. The number of nitrogens with two attached hydrogens (primary N) is 1. The first-order chi connectivity index (χ1) is 9.13. The van der Waals surface area contributed by atoms with Crippen LogP contribution < -0.4 is 11.2 Å². The molecule has 18 heavy (non-hydrogen) atoms. The lowest BCUT2D eigenvalue weighted by molar-refractivity contribution is 0.0941. The maximum atomic E-state index is 11.4. The first kappa shape index (κ1) is 10.5. The van der Waals surface area contributed by atoms with E-state index in [2.05, 4.69) is 15.9 Å². The zero-order chi connectivity index (χ0) is 13.8. The van der Waals surface area contributed by atoms with Crippen molar-refractivity contribution in [3.63, 3.8) is 0 Å². The number of benzene rings is 1. The largest absolute Gasteiger partial charge is 0.369 e. The standard InChI is InChI=1S/C12H13N5O/c1-8(18)17-6-5-10-9(3-2-4-11(10)17)7-15-16-12(13)14/h2-7H,1H3,(H4,13,14,16). The van der Waals surface area contributed by atoms with Gasteiger partial charge in [-0.2, -0.15) is 5.10 Å². The number of carbonyl (C=O) groups excluding carboxylic acids is 1. The molecule has 6 nitrogen and oxygen atoms in total. The lowest BCUT2D eigenvalue weighted by Gasteiger charge is -2.01. The highest BCUT2D eigenvalue weighted by atomic mass is 16.1. The van der Waals surface area contributed by atoms with Crippen LogP contribution in [0.3, 0.4) is 0 Å². The van der Waals surface area contributed by atoms with E-state index in [1.807, 2.05) is 24.3 Å². The molecule has 1 aromatic carbocycles. The van der Waals surface area contributed by atoms with Crippen LogP contribution in [0.2, 0.25) is 1.41 Å². The lowest BCUT2D eigenvalue weighted by Crippen LogP contribution is -2.25. The topological polar surface area (TPSA) is 96.3 Å². The minimum absolute atomic E-state index is 0.0483. The van der Waals surface area contributed by atoms with Crippen molar-refractivity contribution in [1.82, 2.24) is 9.99 Å². The summed E-state index contributed by atoms with van der Waals surface area (Å²) in [4.78, 5) is 11.4. The summed E-state index contributed by atoms with van der Waals surface area (Å²) >= 11 is 0. The summed E-state index contributed by atoms with van der Waals surface area (Å²) < 4.78 is 8.23. The monoisotopic (exact) mass is 243 g/mol. The van der Waals surface area contributed by atoms with E-state index in [4.69, 9.17) is 7.15 Å². The summed E-state index contributed by atoms with van der Waals surface area (Å²) in [5.74, 6) is -0.141. The fraction of sp³-hybridized carbons (Fsp3) is 0.0833. The molecule has 0 unspecified atom stereocenters. The minimum Gasteiger partial charge on any atom is -0.369 e. The Labute approximate surface area is 105 Å². The van der Waals surface area contributed by atoms with E-state index >= 15 is 0 Å². The SMILES string of the molecule is [H]/N=C(\N)NN=Cc1cccc2c1ccn2C(C)=O. The molecule has 0 aliphatic rings. The number of aromatic nitrogens is 1. The number of rotatable bonds is 2. The summed E-state index contributed by atoms with van der Waals surface area (Å²) in [7, 11) is 0. The van der Waals surface area contributed by atoms with Crippen molar-refractivity contribution in [2.45, 2.75) is 6.92 Å². The van der Waals surface area contributed by atoms with Crippen LogP contribution in [0.15, 0.2) is 35.6 Å². The number of nitrogens with one attached hydrogen (secondary N) is 2. The molecule has 0 aliphatic carbocycles. The third-order valence-electron chi connectivity index (χ3n) is 2.49. The van der Waals surface area contributed by atoms with E-state index in [1.165, 1.54) is 6.92 Å². The van der Waals surface area contributed by atoms with E-state index < -0.39 is 0 Å². The van der Waals surface area contributed by atoms with Gasteiger partial charge in [-0.15, -0.1) is 0 Å². The molecule has 0 aliphatic heterocycles. The van der Waals surface area contributed by atoms with Crippen molar-refractivity contribution in [3.8, 4) is 0 Å². The van der Waals surface area contributed by atoms with Gasteiger partial charge >= 0.3 is 0 Å². The smallest absolute Gasteiger partial charge is 0.227 e. The molecule has 2 aromatic rings. The molecule has 0 spiro atoms. The van der Waals surface area contributed by atoms with Crippen molar-refractivity contribution in [3.05, 3.63) is 36.0 Å². The molecule has 1 aromatic heterocycles. The average molecular weight is 243 g/mol. The molecule has 1 heterocycles. The fourth-order valence-corrected chi connectivity index (χ4v) is 1.75. The van der Waals surface area contributed by atoms with E-state index in [0.29, 0.717) is 0 Å². The first-order valence-electron chi connectivity index (χ1n) is 5.76. The summed E-state index contributed by atoms with van der Waals surface area (Å²) in [5, 5.41) is 7.76. The van der Waals surface area contributed by atoms with Crippen molar-refractivity contribution < 1.29 is 6.21 Å². The molecule has 0 saturated carbocycles. The van der Waals surface area contributed by atoms with Gasteiger partial charge in [0.1, 0.15) is 0 Å². The molecule has 0 bridgehead atoms. The molecular weight excluding hydrogens is 230 g/mol. The zero-order valence-electron chi connectivity index (χ0n) is 10.8. The van der Waals surface area contributed by atoms with Gasteiger partial charge in [0.05, 0.1) is 11.7 Å². The number of fused-ring (bicyclic) bond motifs is 1. The number of guanidine groups is 1. The van der Waals surface area contributed by atoms with Gasteiger partial charge in [-0.1, -0.05) is 12.1 Å². The Bertz CT molecular complexity index is 674. The zero-order valence-corrected chi connectivity index (χ0v) is 9.79. The van der Waals surface area contributed by atoms with Crippen LogP contribution in [-0.4, -0.2) is 22.6 Å². The maximum Gasteiger partial charge on any atom is 0.227 e. The Kier molecular flexibility index (Phi) is 2.75. The Morgan fingerprint density at radius 3 is 3.17 bits per heavy atom. The van der Waals surface area contributed by atoms with Crippen molar-refractivity contribution >= 4 is 29.0 Å². The Hall–Kier alpha value is -2.63. The number of hydrogen-bond donors (Lipinski definition) is 3. The van der Waals surface area contributed by atoms with Crippen molar-refractivity contribution in [2.24, 2.45) is 10.8 Å². The van der Waals surface area contributed by atoms with Crippen molar-refractivity contribution in [2.75, 3.05) is 0 Å². The summed E-state index contributed by atoms with van der Waals surface area (Å²) in [6.07, 6.45) is 3.28. The first-order valence-corrected chi connectivity index (χ1v) is 5.31. The van der Waals surface area contributed by atoms with Crippen LogP contribution in [0.1, 0.15) is 17.3 Å². The Morgan fingerprint density at radius 2 is 2.44 bits per heavy atom. The van der Waals surface area contributed by atoms with E-state index in [0.717, 1.165) is 16.5 Å². The molecule has 0 radical (unpaired) electrons. The van der Waals surface area contributed by atoms with Gasteiger partial charge < -0.3 is 5.73 Å². The quantitative estimate of drug-likeness (QED) is 0.419. The minimum atomic E-state index is -0.0928. The van der Waals surface area contributed by atoms with E-state index in [-0.39, 0.29) is 11.9 Å². The molecule has 4 N–H and O–H groups in total. The fourth-order valence-electron chi connectivity index (χ4n) is 1.75. The normalized spacial score (nSPS) is 12.9. The van der Waals surface area contributed by atoms with Gasteiger partial charge in [-0.05, 0) is 12.1 Å². The number of nitrogens with zero attached hydrogens (tertiary/aromatic N) is 2. The van der Waals surface area contributed by atoms with Gasteiger partial charge in [0, 0.05) is 24.1 Å². The van der Waals surface area contributed by atoms with Crippen LogP contribution in [0.25, 0.3) is 10.9 Å². The summed E-state index contributed by atoms with van der Waals surface area (Å²) in [5.41, 5.74) is 9.35. The van der Waals surface area contributed by atoms with Gasteiger partial charge in [-0.3, -0.25) is 14.8 Å². The Morgan fingerprint density at radius 1 is 1.61 bits per heavy atom. The lowest BCUT2D eigenvalue weighted by atomic mass is 10.1. The van der Waals surface area contributed by atoms with E-state index in [1.54, 1.807) is 17.0 Å². The summed E-state index contributed by atoms with van der Waals surface area (Å²) in [6, 6.07) is 7.41. The predicted octanol–water partition coefficient (Wildman–Crippen LogP) is 1.12. The highest BCUT2D eigenvalue weighted by molar-refractivity contribution is 6.02. The van der Waals surface area contributed by atoms with Gasteiger partial charge in [0.15, 0.2) is 1.41 Å². The Balaban J connectivity index is 2.37. The average Bonchev–Trinajstić information content (AvgIpc) is 2.83. The summed E-state index contributed by atoms with van der Waals surface area (Å²) in [6.45, 7) is 1.51. The van der Waals surface area contributed by atoms with Gasteiger partial charge in [0.2, 0.25) is 11.9 Å². The predicted molar refractivity (Wildman–Crippen MR) is 70.9 cm³/mol. The van der Waals surface area contributed by atoms with Crippen LogP contribution in [0.4, 0.5) is 0 Å². The second-order valence-corrected chi connectivity index (χ2v) is 3.74. The highest BCUT2D eigenvalue weighted by Gasteiger charge is 2.06. The van der Waals surface area contributed by atoms with Crippen LogP contribution in [-0.2, 0) is 0 Å². The van der Waals surface area contributed by atoms with E-state index in [9.17, 15) is 4.79 Å². The molecule has 0 atom stereocenters. The molecule has 0 saturated heterocycles. The second kappa shape index (κ2) is 4.70. The van der Waals surface area contributed by atoms with Gasteiger partial charge in [-0.25, -0.2) is 5.43 Å². The molecule has 0 amide bonds. The third kappa shape index (κ3) is 2.22. The highest BCUT2D eigenvalue weighted by Crippen LogP contribution is 2.18. The number of hydrazone groups is 1. The molecular formula is C12H13N5O. The maximum absolute atomic E-state index is 11.4. The van der Waals surface area contributed by atoms with Crippen LogP contribution >= 0.6 is 0 Å².